The molecule has 1 aliphatic heterocycles. The van der Waals surface area contributed by atoms with Gasteiger partial charge in [0, 0.05) is 48.3 Å². The van der Waals surface area contributed by atoms with Crippen LogP contribution >= 0.6 is 22.9 Å². The maximum Gasteiger partial charge on any atom is 0.308 e. The van der Waals surface area contributed by atoms with Crippen LogP contribution in [0.2, 0.25) is 5.02 Å². The summed E-state index contributed by atoms with van der Waals surface area (Å²) in [6, 6.07) is 12.6. The average molecular weight is 415 g/mol. The van der Waals surface area contributed by atoms with Gasteiger partial charge in [-0.25, -0.2) is 0 Å². The SMILES string of the molecule is O=C(c1ccc(Cl)cc1)N1CCN(Cn2c(-c3ccccn3)csc2=O)CC1. The number of thiazole rings is 1. The van der Waals surface area contributed by atoms with Crippen molar-refractivity contribution in [2.24, 2.45) is 0 Å². The Morgan fingerprint density at radius 2 is 1.82 bits per heavy atom. The summed E-state index contributed by atoms with van der Waals surface area (Å²) < 4.78 is 1.75. The van der Waals surface area contributed by atoms with Crippen LogP contribution in [-0.2, 0) is 6.67 Å². The lowest BCUT2D eigenvalue weighted by Gasteiger charge is -2.35. The second kappa shape index (κ2) is 8.26. The van der Waals surface area contributed by atoms with Crippen LogP contribution in [0.1, 0.15) is 10.4 Å². The molecule has 0 spiro atoms. The number of carbonyl (C=O) groups is 1. The van der Waals surface area contributed by atoms with Crippen LogP contribution in [0.5, 0.6) is 0 Å². The molecule has 2 aromatic heterocycles. The molecule has 144 valence electrons. The van der Waals surface area contributed by atoms with Gasteiger partial charge in [0.2, 0.25) is 0 Å². The molecule has 0 N–H and O–H groups in total. The number of halogens is 1. The van der Waals surface area contributed by atoms with Gasteiger partial charge in [-0.15, -0.1) is 0 Å². The molecule has 28 heavy (non-hydrogen) atoms. The van der Waals surface area contributed by atoms with E-state index in [1.165, 1.54) is 11.3 Å². The molecule has 1 amide bonds. The number of hydrogen-bond donors (Lipinski definition) is 0. The second-order valence-corrected chi connectivity index (χ2v) is 7.85. The minimum atomic E-state index is 0.000299. The van der Waals surface area contributed by atoms with E-state index >= 15 is 0 Å². The van der Waals surface area contributed by atoms with Crippen molar-refractivity contribution in [3.63, 3.8) is 0 Å². The predicted octanol–water partition coefficient (Wildman–Crippen LogP) is 3.04. The van der Waals surface area contributed by atoms with Crippen molar-refractivity contribution in [1.82, 2.24) is 19.4 Å². The van der Waals surface area contributed by atoms with Crippen molar-refractivity contribution in [2.45, 2.75) is 6.67 Å². The molecule has 1 aromatic carbocycles. The molecule has 0 radical (unpaired) electrons. The van der Waals surface area contributed by atoms with Gasteiger partial charge in [0.1, 0.15) is 0 Å². The van der Waals surface area contributed by atoms with E-state index < -0.39 is 0 Å². The zero-order valence-corrected chi connectivity index (χ0v) is 16.7. The number of aromatic nitrogens is 2. The van der Waals surface area contributed by atoms with Crippen molar-refractivity contribution in [1.29, 1.82) is 0 Å². The number of piperazine rings is 1. The highest BCUT2D eigenvalue weighted by atomic mass is 35.5. The van der Waals surface area contributed by atoms with E-state index in [4.69, 9.17) is 11.6 Å². The molecule has 6 nitrogen and oxygen atoms in total. The van der Waals surface area contributed by atoms with Gasteiger partial charge in [0.25, 0.3) is 5.91 Å². The summed E-state index contributed by atoms with van der Waals surface area (Å²) in [5.41, 5.74) is 2.26. The Labute approximate surface area is 171 Å². The van der Waals surface area contributed by atoms with E-state index in [9.17, 15) is 9.59 Å². The minimum Gasteiger partial charge on any atom is -0.336 e. The molecule has 0 bridgehead atoms. The Bertz CT molecular complexity index is 1010. The minimum absolute atomic E-state index is 0.000299. The molecule has 0 aliphatic carbocycles. The summed E-state index contributed by atoms with van der Waals surface area (Å²) in [5, 5.41) is 2.47. The number of carbonyl (C=O) groups excluding carboxylic acids is 1. The fraction of sp³-hybridized carbons (Fsp3) is 0.250. The third kappa shape index (κ3) is 4.01. The van der Waals surface area contributed by atoms with E-state index in [1.54, 1.807) is 35.0 Å². The molecule has 0 unspecified atom stereocenters. The Balaban J connectivity index is 1.42. The third-order valence-corrected chi connectivity index (χ3v) is 5.82. The van der Waals surface area contributed by atoms with Crippen molar-refractivity contribution >= 4 is 28.8 Å². The van der Waals surface area contributed by atoms with Gasteiger partial charge in [-0.2, -0.15) is 0 Å². The zero-order valence-electron chi connectivity index (χ0n) is 15.1. The number of pyridine rings is 1. The van der Waals surface area contributed by atoms with E-state index in [1.807, 2.05) is 28.5 Å². The molecule has 8 heteroatoms. The summed E-state index contributed by atoms with van der Waals surface area (Å²) in [4.78, 5) is 33.3. The average Bonchev–Trinajstić information content (AvgIpc) is 3.09. The standard InChI is InChI=1S/C20H19ClN4O2S/c21-16-6-4-15(5-7-16)19(26)24-11-9-23(10-12-24)14-25-18(13-28-20(25)27)17-3-1-2-8-22-17/h1-8,13H,9-12,14H2. The monoisotopic (exact) mass is 414 g/mol. The summed E-state index contributed by atoms with van der Waals surface area (Å²) in [5.74, 6) is 0.0122. The second-order valence-electron chi connectivity index (χ2n) is 6.59. The molecule has 3 aromatic rings. The van der Waals surface area contributed by atoms with E-state index in [0.29, 0.717) is 43.4 Å². The smallest absolute Gasteiger partial charge is 0.308 e. The van der Waals surface area contributed by atoms with E-state index in [2.05, 4.69) is 9.88 Å². The molecule has 1 aliphatic rings. The maximum atomic E-state index is 12.6. The highest BCUT2D eigenvalue weighted by Crippen LogP contribution is 2.18. The molecule has 0 saturated carbocycles. The third-order valence-electron chi connectivity index (χ3n) is 4.80. The first kappa shape index (κ1) is 18.9. The largest absolute Gasteiger partial charge is 0.336 e. The summed E-state index contributed by atoms with van der Waals surface area (Å²) in [7, 11) is 0. The summed E-state index contributed by atoms with van der Waals surface area (Å²) in [6.45, 7) is 3.17. The van der Waals surface area contributed by atoms with Gasteiger partial charge in [-0.3, -0.25) is 24.0 Å². The van der Waals surface area contributed by atoms with Crippen molar-refractivity contribution in [3.8, 4) is 11.4 Å². The first-order chi connectivity index (χ1) is 13.6. The van der Waals surface area contributed by atoms with Crippen LogP contribution in [0.25, 0.3) is 11.4 Å². The first-order valence-corrected chi connectivity index (χ1v) is 10.2. The Morgan fingerprint density at radius 1 is 1.07 bits per heavy atom. The number of nitrogens with zero attached hydrogens (tertiary/aromatic N) is 4. The van der Waals surface area contributed by atoms with Crippen molar-refractivity contribution < 1.29 is 4.79 Å². The normalized spacial score (nSPS) is 15.0. The Morgan fingerprint density at radius 3 is 2.50 bits per heavy atom. The molecular formula is C20H19ClN4O2S. The quantitative estimate of drug-likeness (QED) is 0.658. The van der Waals surface area contributed by atoms with Crippen LogP contribution in [0.4, 0.5) is 0 Å². The zero-order chi connectivity index (χ0) is 19.5. The van der Waals surface area contributed by atoms with Crippen LogP contribution in [0.3, 0.4) is 0 Å². The lowest BCUT2D eigenvalue weighted by atomic mass is 10.2. The lowest BCUT2D eigenvalue weighted by Crippen LogP contribution is -2.49. The Kier molecular flexibility index (Phi) is 5.57. The van der Waals surface area contributed by atoms with Gasteiger partial charge in [0.05, 0.1) is 18.1 Å². The van der Waals surface area contributed by atoms with Crippen molar-refractivity contribution in [2.75, 3.05) is 26.2 Å². The molecule has 0 atom stereocenters. The summed E-state index contributed by atoms with van der Waals surface area (Å²) >= 11 is 7.08. The van der Waals surface area contributed by atoms with Crippen LogP contribution in [0.15, 0.2) is 58.8 Å². The fourth-order valence-electron chi connectivity index (χ4n) is 3.25. The number of amides is 1. The van der Waals surface area contributed by atoms with E-state index in [-0.39, 0.29) is 10.8 Å². The van der Waals surface area contributed by atoms with Crippen molar-refractivity contribution in [3.05, 3.63) is 74.3 Å². The number of hydrogen-bond acceptors (Lipinski definition) is 5. The topological polar surface area (TPSA) is 58.4 Å². The Hall–Kier alpha value is -2.48. The maximum absolute atomic E-state index is 12.6. The van der Waals surface area contributed by atoms with Gasteiger partial charge in [-0.1, -0.05) is 29.0 Å². The van der Waals surface area contributed by atoms with Gasteiger partial charge >= 0.3 is 4.87 Å². The molecule has 3 heterocycles. The molecule has 1 fully saturated rings. The van der Waals surface area contributed by atoms with Crippen LogP contribution in [-0.4, -0.2) is 51.4 Å². The van der Waals surface area contributed by atoms with Gasteiger partial charge in [0.15, 0.2) is 0 Å². The highest BCUT2D eigenvalue weighted by Gasteiger charge is 2.23. The summed E-state index contributed by atoms with van der Waals surface area (Å²) in [6.07, 6.45) is 1.73. The first-order valence-electron chi connectivity index (χ1n) is 8.99. The molecular weight excluding hydrogens is 396 g/mol. The van der Waals surface area contributed by atoms with Crippen LogP contribution < -0.4 is 4.87 Å². The van der Waals surface area contributed by atoms with Gasteiger partial charge in [-0.05, 0) is 36.4 Å². The lowest BCUT2D eigenvalue weighted by molar-refractivity contribution is 0.0594. The number of rotatable bonds is 4. The van der Waals surface area contributed by atoms with E-state index in [0.717, 1.165) is 11.4 Å². The number of benzene rings is 1. The van der Waals surface area contributed by atoms with Gasteiger partial charge < -0.3 is 4.90 Å². The molecule has 4 rings (SSSR count). The predicted molar refractivity (Wildman–Crippen MR) is 111 cm³/mol. The molecule has 1 saturated heterocycles. The fourth-order valence-corrected chi connectivity index (χ4v) is 4.12. The van der Waals surface area contributed by atoms with Crippen LogP contribution in [0, 0.1) is 0 Å². The highest BCUT2D eigenvalue weighted by molar-refractivity contribution is 7.07.